The van der Waals surface area contributed by atoms with E-state index in [4.69, 9.17) is 31.9 Å². The maximum atomic E-state index is 10.3. The van der Waals surface area contributed by atoms with Crippen LogP contribution in [0.3, 0.4) is 0 Å². The zero-order chi connectivity index (χ0) is 15.3. The Morgan fingerprint density at radius 2 is 2.33 bits per heavy atom. The van der Waals surface area contributed by atoms with Crippen LogP contribution in [0.1, 0.15) is 15.9 Å². The van der Waals surface area contributed by atoms with Crippen molar-refractivity contribution in [2.24, 2.45) is 0 Å². The minimum Gasteiger partial charge on any atom is -0.394 e. The number of aliphatic hydroxyl groups excluding tert-OH is 1. The van der Waals surface area contributed by atoms with E-state index < -0.39 is 30.6 Å². The molecule has 1 fully saturated rings. The molecule has 0 radical (unpaired) electrons. The normalized spacial score (nSPS) is 38.3. The van der Waals surface area contributed by atoms with Crippen LogP contribution in [0, 0.1) is 9.41 Å². The van der Waals surface area contributed by atoms with E-state index in [2.05, 4.69) is 4.98 Å². The Hall–Kier alpha value is -0.640. The van der Waals surface area contributed by atoms with Crippen molar-refractivity contribution in [3.05, 3.63) is 21.7 Å². The molecule has 4 atom stereocenters. The highest BCUT2D eigenvalue weighted by Crippen LogP contribution is 2.37. The van der Waals surface area contributed by atoms with Gasteiger partial charge in [-0.3, -0.25) is 4.57 Å². The molecule has 0 saturated carbocycles. The highest BCUT2D eigenvalue weighted by atomic mass is 32.1. The molecule has 8 heteroatoms. The quantitative estimate of drug-likeness (QED) is 0.585. The maximum Gasteiger partial charge on any atom is 0.180 e. The molecule has 0 aromatic carbocycles. The molecule has 0 aliphatic carbocycles. The van der Waals surface area contributed by atoms with Crippen molar-refractivity contribution in [3.8, 4) is 0 Å². The number of nitrogens with one attached hydrogen (secondary N) is 1. The van der Waals surface area contributed by atoms with Crippen molar-refractivity contribution in [2.75, 3.05) is 6.56 Å². The van der Waals surface area contributed by atoms with Crippen LogP contribution >= 0.6 is 24.4 Å². The fourth-order valence-corrected chi connectivity index (χ4v) is 2.35. The number of H-pyrrole nitrogens is 1. The average Bonchev–Trinajstić information content (AvgIpc) is 2.51. The molecule has 0 spiro atoms. The predicted molar refractivity (Wildman–Crippen MR) is 68.1 cm³/mol. The van der Waals surface area contributed by atoms with Crippen molar-refractivity contribution in [3.63, 3.8) is 0 Å². The minimum atomic E-state index is -2.80. The minimum absolute atomic E-state index is 0.147. The van der Waals surface area contributed by atoms with E-state index >= 15 is 0 Å². The summed E-state index contributed by atoms with van der Waals surface area (Å²) in [5.41, 5.74) is -1.84. The molecule has 18 heavy (non-hydrogen) atoms. The van der Waals surface area contributed by atoms with Crippen molar-refractivity contribution in [2.45, 2.75) is 31.0 Å². The summed E-state index contributed by atoms with van der Waals surface area (Å²) < 4.78 is 21.6. The summed E-state index contributed by atoms with van der Waals surface area (Å²) in [6.07, 6.45) is -2.93. The smallest absolute Gasteiger partial charge is 0.180 e. The van der Waals surface area contributed by atoms with E-state index in [1.54, 1.807) is 0 Å². The summed E-state index contributed by atoms with van der Waals surface area (Å²) in [6.45, 7) is -1.53. The van der Waals surface area contributed by atoms with Gasteiger partial charge in [-0.2, -0.15) is 0 Å². The van der Waals surface area contributed by atoms with Crippen LogP contribution in [0.5, 0.6) is 0 Å². The number of ether oxygens (including phenoxy) is 1. The Balaban J connectivity index is 2.47. The first-order valence-electron chi connectivity index (χ1n) is 6.15. The van der Waals surface area contributed by atoms with E-state index in [0.717, 1.165) is 0 Å². The second kappa shape index (κ2) is 4.80. The molecule has 100 valence electrons. The highest BCUT2D eigenvalue weighted by Gasteiger charge is 2.52. The zero-order valence-corrected chi connectivity index (χ0v) is 11.0. The summed E-state index contributed by atoms with van der Waals surface area (Å²) in [5.74, 6) is 0. The lowest BCUT2D eigenvalue weighted by Gasteiger charge is -2.28. The molecule has 2 rings (SSSR count). The van der Waals surface area contributed by atoms with Crippen LogP contribution in [-0.4, -0.2) is 49.2 Å². The van der Waals surface area contributed by atoms with Crippen LogP contribution in [0.4, 0.5) is 0 Å². The van der Waals surface area contributed by atoms with Gasteiger partial charge in [-0.1, -0.05) is 12.2 Å². The first-order valence-corrected chi connectivity index (χ1v) is 5.96. The predicted octanol–water partition coefficient (Wildman–Crippen LogP) is 0.277. The van der Waals surface area contributed by atoms with Crippen LogP contribution in [-0.2, 0) is 4.74 Å². The van der Waals surface area contributed by atoms with Gasteiger partial charge in [0.05, 0.1) is 9.30 Å². The summed E-state index contributed by atoms with van der Waals surface area (Å²) >= 11 is 9.97. The highest BCUT2D eigenvalue weighted by molar-refractivity contribution is 7.72. The first kappa shape index (κ1) is 11.2. The van der Waals surface area contributed by atoms with Gasteiger partial charge in [-0.15, -0.1) is 0 Å². The fourth-order valence-electron chi connectivity index (χ4n) is 1.86. The topological polar surface area (TPSA) is 90.6 Å². The molecule has 2 heterocycles. The lowest BCUT2D eigenvalue weighted by molar-refractivity contribution is -0.0979. The molecule has 0 amide bonds. The molecular formula is C10H14N2O4S2. The van der Waals surface area contributed by atoms with Gasteiger partial charge in [0.15, 0.2) is 11.0 Å². The van der Waals surface area contributed by atoms with E-state index in [-0.39, 0.29) is 4.77 Å². The van der Waals surface area contributed by atoms with Gasteiger partial charge in [-0.05, 0) is 25.2 Å². The van der Waals surface area contributed by atoms with Crippen LogP contribution in [0.2, 0.25) is 0 Å². The third kappa shape index (κ3) is 2.15. The summed E-state index contributed by atoms with van der Waals surface area (Å²) in [7, 11) is 0. The van der Waals surface area contributed by atoms with E-state index in [9.17, 15) is 15.3 Å². The van der Waals surface area contributed by atoms with Crippen LogP contribution in [0.15, 0.2) is 12.3 Å². The zero-order valence-electron chi connectivity index (χ0n) is 11.4. The number of rotatable bonds is 2. The maximum absolute atomic E-state index is 10.3. The Morgan fingerprint density at radius 1 is 1.67 bits per heavy atom. The van der Waals surface area contributed by atoms with Gasteiger partial charge in [-0.25, -0.2) is 0 Å². The van der Waals surface area contributed by atoms with Gasteiger partial charge in [0.1, 0.15) is 22.4 Å². The SMILES string of the molecule is [2H]C([2H])(O)[C@H]1O[C@@H](n2ccc(=S)[nH]c2=S)C(C)(O)[C@H]1O. The number of nitrogens with zero attached hydrogens (tertiary/aromatic N) is 1. The Morgan fingerprint density at radius 3 is 2.83 bits per heavy atom. The van der Waals surface area contributed by atoms with Crippen molar-refractivity contribution < 1.29 is 22.8 Å². The molecule has 0 bridgehead atoms. The van der Waals surface area contributed by atoms with E-state index in [1.165, 1.54) is 23.8 Å². The van der Waals surface area contributed by atoms with Gasteiger partial charge >= 0.3 is 0 Å². The molecule has 4 N–H and O–H groups in total. The summed E-state index contributed by atoms with van der Waals surface area (Å²) in [6, 6.07) is 1.51. The third-order valence-corrected chi connectivity index (χ3v) is 3.44. The van der Waals surface area contributed by atoms with Crippen LogP contribution < -0.4 is 0 Å². The first-order chi connectivity index (χ1) is 9.05. The number of hydrogen-bond donors (Lipinski definition) is 4. The molecule has 1 aliphatic rings. The standard InChI is InChI=1S/C10H14N2O4S2/c1-10(15)7(14)5(4-13)16-8(10)12-3-2-6(17)11-9(12)18/h2-3,5,7-8,13-15H,4H2,1H3,(H,11,17,18)/t5-,7+,8-,10?/m1/s1/i4D2. The Kier molecular flexibility index (Phi) is 2.99. The van der Waals surface area contributed by atoms with Crippen LogP contribution in [0.25, 0.3) is 0 Å². The molecule has 1 aromatic heterocycles. The van der Waals surface area contributed by atoms with Crippen molar-refractivity contribution in [1.82, 2.24) is 9.55 Å². The molecule has 1 aliphatic heterocycles. The van der Waals surface area contributed by atoms with Gasteiger partial charge < -0.3 is 25.0 Å². The molecule has 1 aromatic rings. The monoisotopic (exact) mass is 292 g/mol. The lowest BCUT2D eigenvalue weighted by atomic mass is 9.96. The van der Waals surface area contributed by atoms with E-state index in [0.29, 0.717) is 4.64 Å². The second-order valence-electron chi connectivity index (χ2n) is 4.23. The summed E-state index contributed by atoms with van der Waals surface area (Å²) in [4.78, 5) is 2.69. The lowest BCUT2D eigenvalue weighted by Crippen LogP contribution is -2.44. The average molecular weight is 292 g/mol. The number of aliphatic hydroxyl groups is 3. The Bertz CT molecular complexity index is 625. The van der Waals surface area contributed by atoms with Gasteiger partial charge in [0.2, 0.25) is 0 Å². The molecule has 1 saturated heterocycles. The number of hydrogen-bond acceptors (Lipinski definition) is 6. The largest absolute Gasteiger partial charge is 0.394 e. The molecule has 1 unspecified atom stereocenters. The fraction of sp³-hybridized carbons (Fsp3) is 0.600. The third-order valence-electron chi connectivity index (χ3n) is 2.89. The van der Waals surface area contributed by atoms with Gasteiger partial charge in [0, 0.05) is 6.20 Å². The second-order valence-corrected chi connectivity index (χ2v) is 5.05. The molecule has 6 nitrogen and oxygen atoms in total. The van der Waals surface area contributed by atoms with Crippen molar-refractivity contribution in [1.29, 1.82) is 0 Å². The number of aromatic nitrogens is 2. The van der Waals surface area contributed by atoms with Gasteiger partial charge in [0.25, 0.3) is 0 Å². The summed E-state index contributed by atoms with van der Waals surface area (Å²) in [5, 5.41) is 29.7. The Labute approximate surface area is 116 Å². The van der Waals surface area contributed by atoms with E-state index in [1.807, 2.05) is 0 Å². The van der Waals surface area contributed by atoms with Crippen molar-refractivity contribution >= 4 is 24.4 Å². The number of aromatic amines is 1. The molecular weight excluding hydrogens is 276 g/mol.